The van der Waals surface area contributed by atoms with E-state index in [0.717, 1.165) is 6.42 Å². The third-order valence-electron chi connectivity index (χ3n) is 3.29. The first-order valence-corrected chi connectivity index (χ1v) is 6.47. The molecule has 1 aliphatic rings. The van der Waals surface area contributed by atoms with E-state index in [9.17, 15) is 14.4 Å². The second kappa shape index (κ2) is 6.96. The lowest BCUT2D eigenvalue weighted by Crippen LogP contribution is -2.53. The molecule has 1 heterocycles. The predicted octanol–water partition coefficient (Wildman–Crippen LogP) is 0.147. The van der Waals surface area contributed by atoms with Crippen molar-refractivity contribution in [3.63, 3.8) is 0 Å². The predicted molar refractivity (Wildman–Crippen MR) is 68.4 cm³/mol. The molecule has 4 N–H and O–H groups in total. The maximum Gasteiger partial charge on any atom is 0.326 e. The minimum absolute atomic E-state index is 0.208. The van der Waals surface area contributed by atoms with Gasteiger partial charge in [0.1, 0.15) is 6.04 Å². The fraction of sp³-hybridized carbons (Fsp3) is 0.750. The minimum atomic E-state index is -0.973. The number of likely N-dealkylation sites (tertiary alicyclic amines) is 1. The van der Waals surface area contributed by atoms with Crippen molar-refractivity contribution in [3.8, 4) is 0 Å². The average Bonchev–Trinajstić information content (AvgIpc) is 2.33. The second-order valence-electron chi connectivity index (χ2n) is 4.98. The van der Waals surface area contributed by atoms with Crippen LogP contribution in [0, 0.1) is 5.92 Å². The summed E-state index contributed by atoms with van der Waals surface area (Å²) < 4.78 is 0. The van der Waals surface area contributed by atoms with Gasteiger partial charge in [0.05, 0.1) is 0 Å². The number of hydrogen-bond acceptors (Lipinski definition) is 3. The highest BCUT2D eigenvalue weighted by molar-refractivity contribution is 5.83. The summed E-state index contributed by atoms with van der Waals surface area (Å²) in [6.07, 6.45) is 1.95. The highest BCUT2D eigenvalue weighted by atomic mass is 16.4. The first-order valence-electron chi connectivity index (χ1n) is 6.47. The molecule has 1 aliphatic heterocycles. The molecule has 2 unspecified atom stereocenters. The number of carbonyl (C=O) groups excluding carboxylic acids is 2. The molecule has 0 saturated carbocycles. The molecule has 19 heavy (non-hydrogen) atoms. The van der Waals surface area contributed by atoms with E-state index in [-0.39, 0.29) is 12.5 Å². The molecule has 0 radical (unpaired) electrons. The highest BCUT2D eigenvalue weighted by Gasteiger charge is 2.34. The van der Waals surface area contributed by atoms with Gasteiger partial charge in [-0.25, -0.2) is 9.59 Å². The number of rotatable bonds is 5. The fourth-order valence-corrected chi connectivity index (χ4v) is 2.18. The van der Waals surface area contributed by atoms with Crippen LogP contribution in [0.15, 0.2) is 0 Å². The van der Waals surface area contributed by atoms with Crippen molar-refractivity contribution < 1.29 is 19.5 Å². The fourth-order valence-electron chi connectivity index (χ4n) is 2.18. The number of primary amides is 1. The summed E-state index contributed by atoms with van der Waals surface area (Å²) in [5, 5.41) is 11.8. The van der Waals surface area contributed by atoms with Crippen LogP contribution in [0.2, 0.25) is 0 Å². The third-order valence-corrected chi connectivity index (χ3v) is 3.29. The standard InChI is InChI=1S/C12H21N3O4/c1-8-4-6-15(9(7-8)11(17)18)12(19)14-5-2-3-10(13)16/h8-9H,2-7H2,1H3,(H2,13,16)(H,14,19)(H,17,18). The maximum atomic E-state index is 11.9. The number of carboxylic acids is 1. The smallest absolute Gasteiger partial charge is 0.326 e. The first kappa shape index (κ1) is 15.3. The van der Waals surface area contributed by atoms with Crippen molar-refractivity contribution in [1.82, 2.24) is 10.2 Å². The Bertz CT molecular complexity index is 359. The monoisotopic (exact) mass is 271 g/mol. The van der Waals surface area contributed by atoms with Crippen LogP contribution >= 0.6 is 0 Å². The molecular weight excluding hydrogens is 250 g/mol. The first-order chi connectivity index (χ1) is 8.91. The van der Waals surface area contributed by atoms with Crippen molar-refractivity contribution >= 4 is 17.9 Å². The number of nitrogens with two attached hydrogens (primary N) is 1. The van der Waals surface area contributed by atoms with Gasteiger partial charge in [-0.1, -0.05) is 6.92 Å². The zero-order valence-electron chi connectivity index (χ0n) is 11.1. The second-order valence-corrected chi connectivity index (χ2v) is 4.98. The van der Waals surface area contributed by atoms with E-state index in [1.807, 2.05) is 6.92 Å². The molecule has 0 aromatic rings. The number of carboxylic acid groups (broad SMARTS) is 1. The van der Waals surface area contributed by atoms with Crippen molar-refractivity contribution in [2.75, 3.05) is 13.1 Å². The van der Waals surface area contributed by atoms with Gasteiger partial charge in [0, 0.05) is 19.5 Å². The summed E-state index contributed by atoms with van der Waals surface area (Å²) in [6.45, 7) is 2.75. The topological polar surface area (TPSA) is 113 Å². The van der Waals surface area contributed by atoms with Gasteiger partial charge >= 0.3 is 12.0 Å². The SMILES string of the molecule is CC1CCN(C(=O)NCCCC(N)=O)C(C(=O)O)C1. The normalized spacial score (nSPS) is 22.9. The van der Waals surface area contributed by atoms with Gasteiger partial charge in [-0.15, -0.1) is 0 Å². The third kappa shape index (κ3) is 4.76. The average molecular weight is 271 g/mol. The Kier molecular flexibility index (Phi) is 5.59. The van der Waals surface area contributed by atoms with Crippen LogP contribution in [0.1, 0.15) is 32.6 Å². The van der Waals surface area contributed by atoms with Crippen LogP contribution < -0.4 is 11.1 Å². The van der Waals surface area contributed by atoms with E-state index in [0.29, 0.717) is 31.8 Å². The molecule has 0 spiro atoms. The molecule has 108 valence electrons. The van der Waals surface area contributed by atoms with Crippen LogP contribution in [0.3, 0.4) is 0 Å². The lowest BCUT2D eigenvalue weighted by atomic mass is 9.93. The molecule has 3 amide bonds. The Morgan fingerprint density at radius 3 is 2.68 bits per heavy atom. The van der Waals surface area contributed by atoms with Gasteiger partial charge in [0.2, 0.25) is 5.91 Å². The highest BCUT2D eigenvalue weighted by Crippen LogP contribution is 2.22. The molecule has 7 heteroatoms. The Balaban J connectivity index is 2.45. The Morgan fingerprint density at radius 1 is 1.42 bits per heavy atom. The molecule has 0 bridgehead atoms. The maximum absolute atomic E-state index is 11.9. The summed E-state index contributed by atoms with van der Waals surface area (Å²) >= 11 is 0. The number of carbonyl (C=O) groups is 3. The van der Waals surface area contributed by atoms with Crippen LogP contribution in [0.5, 0.6) is 0 Å². The molecule has 0 aromatic carbocycles. The molecule has 0 aliphatic carbocycles. The van der Waals surface area contributed by atoms with Gasteiger partial charge < -0.3 is 21.1 Å². The van der Waals surface area contributed by atoms with Crippen LogP contribution in [0.25, 0.3) is 0 Å². The quantitative estimate of drug-likeness (QED) is 0.617. The van der Waals surface area contributed by atoms with E-state index in [1.165, 1.54) is 4.90 Å². The van der Waals surface area contributed by atoms with Gasteiger partial charge in [0.15, 0.2) is 0 Å². The largest absolute Gasteiger partial charge is 0.480 e. The molecule has 1 rings (SSSR count). The molecule has 7 nitrogen and oxygen atoms in total. The van der Waals surface area contributed by atoms with E-state index < -0.39 is 17.9 Å². The lowest BCUT2D eigenvalue weighted by Gasteiger charge is -2.35. The van der Waals surface area contributed by atoms with Crippen molar-refractivity contribution in [2.24, 2.45) is 11.7 Å². The van der Waals surface area contributed by atoms with E-state index >= 15 is 0 Å². The number of amides is 3. The molecular formula is C12H21N3O4. The lowest BCUT2D eigenvalue weighted by molar-refractivity contribution is -0.143. The van der Waals surface area contributed by atoms with Gasteiger partial charge in [-0.3, -0.25) is 4.79 Å². The summed E-state index contributed by atoms with van der Waals surface area (Å²) in [5.41, 5.74) is 4.99. The summed E-state index contributed by atoms with van der Waals surface area (Å²) in [7, 11) is 0. The zero-order chi connectivity index (χ0) is 14.4. The number of aliphatic carboxylic acids is 1. The van der Waals surface area contributed by atoms with Crippen LogP contribution in [-0.4, -0.2) is 47.0 Å². The number of urea groups is 1. The van der Waals surface area contributed by atoms with Crippen molar-refractivity contribution in [1.29, 1.82) is 0 Å². The summed E-state index contributed by atoms with van der Waals surface area (Å²) in [5.74, 6) is -1.08. The van der Waals surface area contributed by atoms with Crippen LogP contribution in [-0.2, 0) is 9.59 Å². The van der Waals surface area contributed by atoms with Gasteiger partial charge in [-0.05, 0) is 25.2 Å². The Morgan fingerprint density at radius 2 is 2.11 bits per heavy atom. The number of piperidine rings is 1. The van der Waals surface area contributed by atoms with E-state index in [1.54, 1.807) is 0 Å². The number of hydrogen-bond donors (Lipinski definition) is 3. The summed E-state index contributed by atoms with van der Waals surface area (Å²) in [4.78, 5) is 34.9. The van der Waals surface area contributed by atoms with Gasteiger partial charge in [0.25, 0.3) is 0 Å². The van der Waals surface area contributed by atoms with Crippen molar-refractivity contribution in [2.45, 2.75) is 38.6 Å². The zero-order valence-corrected chi connectivity index (χ0v) is 11.1. The number of nitrogens with one attached hydrogen (secondary N) is 1. The molecule has 2 atom stereocenters. The Labute approximate surface area is 112 Å². The van der Waals surface area contributed by atoms with E-state index in [4.69, 9.17) is 10.8 Å². The minimum Gasteiger partial charge on any atom is -0.480 e. The molecule has 1 saturated heterocycles. The van der Waals surface area contributed by atoms with Gasteiger partial charge in [-0.2, -0.15) is 0 Å². The van der Waals surface area contributed by atoms with Crippen LogP contribution in [0.4, 0.5) is 4.79 Å². The van der Waals surface area contributed by atoms with E-state index in [2.05, 4.69) is 5.32 Å². The molecule has 1 fully saturated rings. The number of nitrogens with zero attached hydrogens (tertiary/aromatic N) is 1. The summed E-state index contributed by atoms with van der Waals surface area (Å²) in [6, 6.07) is -1.15. The molecule has 0 aromatic heterocycles. The van der Waals surface area contributed by atoms with Crippen molar-refractivity contribution in [3.05, 3.63) is 0 Å². The Hall–Kier alpha value is -1.79.